The molecule has 2 N–H and O–H groups in total. The molecule has 1 aromatic carbocycles. The number of amides is 1. The summed E-state index contributed by atoms with van der Waals surface area (Å²) in [6.07, 6.45) is 1.31. The predicted octanol–water partition coefficient (Wildman–Crippen LogP) is 1.45. The Kier molecular flexibility index (Phi) is 6.95. The average Bonchev–Trinajstić information content (AvgIpc) is 2.45. The quantitative estimate of drug-likeness (QED) is 0.669. The number of carbonyl (C=O) groups is 2. The van der Waals surface area contributed by atoms with E-state index in [0.717, 1.165) is 5.75 Å². The second-order valence-corrected chi connectivity index (χ2v) is 4.17. The molecule has 0 saturated heterocycles. The van der Waals surface area contributed by atoms with Crippen LogP contribution < -0.4 is 14.8 Å². The zero-order chi connectivity index (χ0) is 14.8. The molecule has 0 fully saturated rings. The van der Waals surface area contributed by atoms with Gasteiger partial charge >= 0.3 is 5.97 Å². The van der Waals surface area contributed by atoms with Crippen LogP contribution in [0.4, 0.5) is 0 Å². The van der Waals surface area contributed by atoms with Crippen LogP contribution in [0.2, 0.25) is 0 Å². The fraction of sp³-hybridized carbons (Fsp3) is 0.429. The molecule has 0 atom stereocenters. The van der Waals surface area contributed by atoms with Crippen LogP contribution in [0.15, 0.2) is 24.3 Å². The van der Waals surface area contributed by atoms with Crippen molar-refractivity contribution in [1.82, 2.24) is 5.32 Å². The van der Waals surface area contributed by atoms with Crippen molar-refractivity contribution in [3.63, 3.8) is 0 Å². The van der Waals surface area contributed by atoms with Crippen LogP contribution >= 0.6 is 0 Å². The molecule has 1 rings (SSSR count). The first kappa shape index (κ1) is 15.8. The molecule has 0 radical (unpaired) electrons. The van der Waals surface area contributed by atoms with E-state index in [1.807, 2.05) is 0 Å². The van der Waals surface area contributed by atoms with Crippen molar-refractivity contribution in [3.8, 4) is 11.5 Å². The number of unbranched alkanes of at least 4 members (excludes halogenated alkanes) is 1. The average molecular weight is 281 g/mol. The summed E-state index contributed by atoms with van der Waals surface area (Å²) in [6.45, 7) is 0.392. The van der Waals surface area contributed by atoms with Gasteiger partial charge in [-0.2, -0.15) is 0 Å². The van der Waals surface area contributed by atoms with Gasteiger partial charge in [-0.1, -0.05) is 0 Å². The van der Waals surface area contributed by atoms with Crippen molar-refractivity contribution in [2.75, 3.05) is 20.3 Å². The molecule has 1 aromatic rings. The SMILES string of the molecule is COc1ccc(OCC(=O)NCCCCC(=O)O)cc1. The Morgan fingerprint density at radius 3 is 2.40 bits per heavy atom. The van der Waals surface area contributed by atoms with E-state index < -0.39 is 5.97 Å². The van der Waals surface area contributed by atoms with E-state index in [4.69, 9.17) is 14.6 Å². The Balaban J connectivity index is 2.14. The zero-order valence-electron chi connectivity index (χ0n) is 11.4. The summed E-state index contributed by atoms with van der Waals surface area (Å²) in [4.78, 5) is 21.7. The molecule has 6 nitrogen and oxygen atoms in total. The van der Waals surface area contributed by atoms with Crippen LogP contribution in [-0.4, -0.2) is 37.2 Å². The van der Waals surface area contributed by atoms with Gasteiger partial charge in [-0.3, -0.25) is 9.59 Å². The number of aliphatic carboxylic acids is 1. The van der Waals surface area contributed by atoms with Crippen LogP contribution in [0.5, 0.6) is 11.5 Å². The highest BCUT2D eigenvalue weighted by Crippen LogP contribution is 2.16. The molecule has 0 bridgehead atoms. The highest BCUT2D eigenvalue weighted by molar-refractivity contribution is 5.77. The molecule has 0 aliphatic heterocycles. The van der Waals surface area contributed by atoms with Gasteiger partial charge < -0.3 is 19.9 Å². The van der Waals surface area contributed by atoms with Crippen molar-refractivity contribution in [2.45, 2.75) is 19.3 Å². The van der Waals surface area contributed by atoms with E-state index in [9.17, 15) is 9.59 Å². The molecular weight excluding hydrogens is 262 g/mol. The minimum Gasteiger partial charge on any atom is -0.497 e. The van der Waals surface area contributed by atoms with Crippen LogP contribution in [0, 0.1) is 0 Å². The summed E-state index contributed by atoms with van der Waals surface area (Å²) >= 11 is 0. The third-order valence-corrected chi connectivity index (χ3v) is 2.57. The largest absolute Gasteiger partial charge is 0.497 e. The summed E-state index contributed by atoms with van der Waals surface area (Å²) < 4.78 is 10.3. The third-order valence-electron chi connectivity index (χ3n) is 2.57. The van der Waals surface area contributed by atoms with E-state index in [0.29, 0.717) is 25.1 Å². The normalized spacial score (nSPS) is 9.85. The van der Waals surface area contributed by atoms with E-state index in [1.54, 1.807) is 31.4 Å². The lowest BCUT2D eigenvalue weighted by molar-refractivity contribution is -0.137. The lowest BCUT2D eigenvalue weighted by Crippen LogP contribution is -2.29. The first-order valence-electron chi connectivity index (χ1n) is 6.37. The monoisotopic (exact) mass is 281 g/mol. The fourth-order valence-electron chi connectivity index (χ4n) is 1.50. The summed E-state index contributed by atoms with van der Waals surface area (Å²) in [5, 5.41) is 11.1. The minimum atomic E-state index is -0.820. The maximum Gasteiger partial charge on any atom is 0.303 e. The Labute approximate surface area is 117 Å². The van der Waals surface area contributed by atoms with Gasteiger partial charge in [0.15, 0.2) is 6.61 Å². The number of carboxylic acid groups (broad SMARTS) is 1. The molecular formula is C14H19NO5. The molecule has 1 amide bonds. The lowest BCUT2D eigenvalue weighted by atomic mass is 10.2. The van der Waals surface area contributed by atoms with Crippen molar-refractivity contribution >= 4 is 11.9 Å². The summed E-state index contributed by atoms with van der Waals surface area (Å²) in [5.41, 5.74) is 0. The lowest BCUT2D eigenvalue weighted by Gasteiger charge is -2.07. The highest BCUT2D eigenvalue weighted by atomic mass is 16.5. The highest BCUT2D eigenvalue weighted by Gasteiger charge is 2.03. The van der Waals surface area contributed by atoms with Gasteiger partial charge in [-0.15, -0.1) is 0 Å². The zero-order valence-corrected chi connectivity index (χ0v) is 11.4. The molecule has 20 heavy (non-hydrogen) atoms. The second kappa shape index (κ2) is 8.79. The van der Waals surface area contributed by atoms with Gasteiger partial charge in [0.2, 0.25) is 0 Å². The van der Waals surface area contributed by atoms with Gasteiger partial charge in [-0.25, -0.2) is 0 Å². The van der Waals surface area contributed by atoms with Crippen molar-refractivity contribution in [1.29, 1.82) is 0 Å². The first-order chi connectivity index (χ1) is 9.61. The number of methoxy groups -OCH3 is 1. The number of carboxylic acids is 1. The Morgan fingerprint density at radius 2 is 1.80 bits per heavy atom. The molecule has 0 unspecified atom stereocenters. The van der Waals surface area contributed by atoms with Gasteiger partial charge in [0.05, 0.1) is 7.11 Å². The van der Waals surface area contributed by atoms with Crippen LogP contribution in [0.1, 0.15) is 19.3 Å². The number of hydrogen-bond acceptors (Lipinski definition) is 4. The standard InChI is InChI=1S/C14H19NO5/c1-19-11-5-7-12(8-6-11)20-10-13(16)15-9-3-2-4-14(17)18/h5-8H,2-4,9-10H2,1H3,(H,15,16)(H,17,18). The fourth-order valence-corrected chi connectivity index (χ4v) is 1.50. The summed E-state index contributed by atoms with van der Waals surface area (Å²) in [6, 6.07) is 6.94. The van der Waals surface area contributed by atoms with Gasteiger partial charge in [0.1, 0.15) is 11.5 Å². The molecule has 0 aliphatic carbocycles. The van der Waals surface area contributed by atoms with E-state index in [1.165, 1.54) is 0 Å². The molecule has 0 aromatic heterocycles. The van der Waals surface area contributed by atoms with Crippen molar-refractivity contribution in [2.24, 2.45) is 0 Å². The topological polar surface area (TPSA) is 84.9 Å². The number of nitrogens with one attached hydrogen (secondary N) is 1. The van der Waals surface area contributed by atoms with Crippen LogP contribution in [0.3, 0.4) is 0 Å². The van der Waals surface area contributed by atoms with Crippen LogP contribution in [-0.2, 0) is 9.59 Å². The Hall–Kier alpha value is -2.24. The molecule has 0 spiro atoms. The Bertz CT molecular complexity index is 430. The van der Waals surface area contributed by atoms with Crippen molar-refractivity contribution < 1.29 is 24.2 Å². The van der Waals surface area contributed by atoms with E-state index in [2.05, 4.69) is 5.32 Å². The second-order valence-electron chi connectivity index (χ2n) is 4.17. The maximum absolute atomic E-state index is 11.5. The summed E-state index contributed by atoms with van der Waals surface area (Å²) in [5.74, 6) is 0.266. The first-order valence-corrected chi connectivity index (χ1v) is 6.37. The third kappa shape index (κ3) is 6.63. The number of ether oxygens (including phenoxy) is 2. The molecule has 6 heteroatoms. The molecule has 0 saturated carbocycles. The van der Waals surface area contributed by atoms with Gasteiger partial charge in [0.25, 0.3) is 5.91 Å². The molecule has 110 valence electrons. The van der Waals surface area contributed by atoms with Crippen LogP contribution in [0.25, 0.3) is 0 Å². The molecule has 0 aliphatic rings. The summed E-state index contributed by atoms with van der Waals surface area (Å²) in [7, 11) is 1.58. The minimum absolute atomic E-state index is 0.0642. The van der Waals surface area contributed by atoms with Gasteiger partial charge in [0, 0.05) is 13.0 Å². The van der Waals surface area contributed by atoms with Gasteiger partial charge in [-0.05, 0) is 37.1 Å². The predicted molar refractivity (Wildman–Crippen MR) is 73.0 cm³/mol. The Morgan fingerprint density at radius 1 is 1.15 bits per heavy atom. The van der Waals surface area contributed by atoms with E-state index in [-0.39, 0.29) is 18.9 Å². The smallest absolute Gasteiger partial charge is 0.303 e. The van der Waals surface area contributed by atoms with E-state index >= 15 is 0 Å². The maximum atomic E-state index is 11.5. The van der Waals surface area contributed by atoms with Crippen molar-refractivity contribution in [3.05, 3.63) is 24.3 Å². The number of carbonyl (C=O) groups excluding carboxylic acids is 1. The molecule has 0 heterocycles. The number of benzene rings is 1. The number of hydrogen-bond donors (Lipinski definition) is 2. The number of rotatable bonds is 9.